The van der Waals surface area contributed by atoms with Crippen LogP contribution in [-0.4, -0.2) is 60.1 Å². The highest BCUT2D eigenvalue weighted by atomic mass is 16.4. The van der Waals surface area contributed by atoms with Gasteiger partial charge in [-0.15, -0.1) is 0 Å². The summed E-state index contributed by atoms with van der Waals surface area (Å²) < 4.78 is 3.22. The third-order valence-electron chi connectivity index (χ3n) is 5.69. The van der Waals surface area contributed by atoms with E-state index in [1.54, 1.807) is 6.07 Å². The first-order valence-corrected chi connectivity index (χ1v) is 9.76. The molecule has 0 atom stereocenters. The number of aromatic amines is 1. The van der Waals surface area contributed by atoms with Gasteiger partial charge in [-0.1, -0.05) is 0 Å². The first-order chi connectivity index (χ1) is 14.4. The van der Waals surface area contributed by atoms with Gasteiger partial charge in [-0.25, -0.2) is 4.79 Å². The van der Waals surface area contributed by atoms with Crippen molar-refractivity contribution in [3.8, 4) is 17.2 Å². The second kappa shape index (κ2) is 7.68. The minimum atomic E-state index is -0.913. The maximum absolute atomic E-state index is 12.7. The number of pyridine rings is 1. The van der Waals surface area contributed by atoms with Gasteiger partial charge in [0.2, 0.25) is 0 Å². The van der Waals surface area contributed by atoms with Gasteiger partial charge >= 0.3 is 6.09 Å². The summed E-state index contributed by atoms with van der Waals surface area (Å²) in [6, 6.07) is 5.31. The summed E-state index contributed by atoms with van der Waals surface area (Å²) in [5.74, 6) is 0. The summed E-state index contributed by atoms with van der Waals surface area (Å²) in [5, 5.41) is 32.6. The zero-order valence-electron chi connectivity index (χ0n) is 16.5. The zero-order valence-corrected chi connectivity index (χ0v) is 16.5. The van der Waals surface area contributed by atoms with E-state index in [4.69, 9.17) is 10.2 Å². The van der Waals surface area contributed by atoms with Crippen molar-refractivity contribution in [3.05, 3.63) is 45.8 Å². The molecular formula is C20H22N6O4. The minimum absolute atomic E-state index is 0.0484. The van der Waals surface area contributed by atoms with E-state index in [1.807, 2.05) is 17.7 Å². The number of fused-ring (bicyclic) bond motifs is 1. The Morgan fingerprint density at radius 2 is 2.10 bits per heavy atom. The average Bonchev–Trinajstić information content (AvgIpc) is 3.29. The van der Waals surface area contributed by atoms with Gasteiger partial charge in [0.1, 0.15) is 17.4 Å². The normalized spacial score (nSPS) is 14.9. The molecule has 10 nitrogen and oxygen atoms in total. The van der Waals surface area contributed by atoms with Gasteiger partial charge in [-0.3, -0.25) is 13.9 Å². The number of hydrogen-bond acceptors (Lipinski definition) is 5. The molecule has 1 fully saturated rings. The van der Waals surface area contributed by atoms with Crippen LogP contribution in [0.2, 0.25) is 0 Å². The quantitative estimate of drug-likeness (QED) is 0.596. The van der Waals surface area contributed by atoms with Gasteiger partial charge in [0.05, 0.1) is 11.7 Å². The van der Waals surface area contributed by atoms with Crippen LogP contribution in [0.3, 0.4) is 0 Å². The maximum Gasteiger partial charge on any atom is 0.407 e. The van der Waals surface area contributed by atoms with E-state index in [0.29, 0.717) is 49.3 Å². The van der Waals surface area contributed by atoms with Crippen molar-refractivity contribution in [2.75, 3.05) is 19.7 Å². The second-order valence-corrected chi connectivity index (χ2v) is 7.41. The van der Waals surface area contributed by atoms with Gasteiger partial charge in [-0.2, -0.15) is 10.4 Å². The van der Waals surface area contributed by atoms with Crippen molar-refractivity contribution in [2.45, 2.75) is 32.2 Å². The summed E-state index contributed by atoms with van der Waals surface area (Å²) in [7, 11) is 0. The molecule has 1 amide bonds. The van der Waals surface area contributed by atoms with Gasteiger partial charge in [0.15, 0.2) is 0 Å². The fourth-order valence-electron chi connectivity index (χ4n) is 4.25. The van der Waals surface area contributed by atoms with Crippen LogP contribution >= 0.6 is 0 Å². The molecule has 3 aromatic rings. The number of imidazole rings is 1. The largest absolute Gasteiger partial charge is 0.465 e. The van der Waals surface area contributed by atoms with Crippen molar-refractivity contribution < 1.29 is 15.0 Å². The Labute approximate surface area is 171 Å². The molecule has 0 unspecified atom stereocenters. The molecule has 1 saturated heterocycles. The number of aliphatic hydroxyl groups is 1. The lowest BCUT2D eigenvalue weighted by Crippen LogP contribution is -2.38. The number of aromatic nitrogens is 4. The highest BCUT2D eigenvalue weighted by molar-refractivity contribution is 5.72. The van der Waals surface area contributed by atoms with Crippen LogP contribution < -0.4 is 5.56 Å². The number of likely N-dealkylation sites (tertiary alicyclic amines) is 1. The van der Waals surface area contributed by atoms with Crippen molar-refractivity contribution in [2.24, 2.45) is 0 Å². The van der Waals surface area contributed by atoms with Crippen LogP contribution in [0.1, 0.15) is 36.0 Å². The predicted molar refractivity (Wildman–Crippen MR) is 107 cm³/mol. The number of H-pyrrole nitrogens is 1. The topological polar surface area (TPSA) is 140 Å². The smallest absolute Gasteiger partial charge is 0.407 e. The maximum atomic E-state index is 12.7. The van der Waals surface area contributed by atoms with Crippen LogP contribution in [0.5, 0.6) is 0 Å². The van der Waals surface area contributed by atoms with Crippen molar-refractivity contribution in [1.29, 1.82) is 5.26 Å². The number of carbonyl (C=O) groups is 1. The Bertz CT molecular complexity index is 1210. The number of amides is 1. The standard InChI is InChI=1S/C20H22N6O4/c1-12-19(13-8-17-22-11-15(10-21)25(17)18(28)9-13)16(4-7-27)23-26(12)14-2-5-24(6-3-14)20(29)30/h8-9,11,14,22,27H,2-7H2,1H3,(H,29,30). The van der Waals surface area contributed by atoms with Crippen molar-refractivity contribution in [1.82, 2.24) is 24.1 Å². The van der Waals surface area contributed by atoms with Gasteiger partial charge in [0, 0.05) is 49.6 Å². The van der Waals surface area contributed by atoms with Gasteiger partial charge < -0.3 is 20.1 Å². The SMILES string of the molecule is Cc1c(-c2cc(=O)n3c(C#N)c[nH]c3c2)c(CCO)nn1C1CCN(C(=O)O)CC1. The molecule has 1 aliphatic heterocycles. The number of carboxylic acid groups (broad SMARTS) is 1. The summed E-state index contributed by atoms with van der Waals surface area (Å²) in [6.07, 6.45) is 2.21. The Hall–Kier alpha value is -3.58. The van der Waals surface area contributed by atoms with E-state index < -0.39 is 6.09 Å². The molecule has 156 valence electrons. The molecule has 0 spiro atoms. The van der Waals surface area contributed by atoms with Crippen molar-refractivity contribution >= 4 is 11.7 Å². The number of rotatable bonds is 4. The van der Waals surface area contributed by atoms with Crippen LogP contribution in [0.15, 0.2) is 23.1 Å². The van der Waals surface area contributed by atoms with E-state index in [9.17, 15) is 20.0 Å². The van der Waals surface area contributed by atoms with Gasteiger partial charge in [-0.05, 0) is 31.4 Å². The fraction of sp³-hybridized carbons (Fsp3) is 0.400. The Morgan fingerprint density at radius 3 is 2.73 bits per heavy atom. The van der Waals surface area contributed by atoms with E-state index >= 15 is 0 Å². The Kier molecular flexibility index (Phi) is 5.05. The lowest BCUT2D eigenvalue weighted by molar-refractivity contribution is 0.123. The summed E-state index contributed by atoms with van der Waals surface area (Å²) in [5.41, 5.74) is 3.42. The molecule has 10 heteroatoms. The average molecular weight is 410 g/mol. The van der Waals surface area contributed by atoms with Crippen molar-refractivity contribution in [3.63, 3.8) is 0 Å². The van der Waals surface area contributed by atoms with E-state index in [2.05, 4.69) is 4.98 Å². The first kappa shape index (κ1) is 19.7. The minimum Gasteiger partial charge on any atom is -0.465 e. The third-order valence-corrected chi connectivity index (χ3v) is 5.69. The molecule has 0 aromatic carbocycles. The lowest BCUT2D eigenvalue weighted by atomic mass is 10.0. The first-order valence-electron chi connectivity index (χ1n) is 9.76. The number of nitriles is 1. The molecule has 0 radical (unpaired) electrons. The molecule has 4 rings (SSSR count). The fourth-order valence-corrected chi connectivity index (χ4v) is 4.25. The van der Waals surface area contributed by atoms with Crippen LogP contribution in [-0.2, 0) is 6.42 Å². The molecule has 0 aliphatic carbocycles. The number of piperidine rings is 1. The summed E-state index contributed by atoms with van der Waals surface area (Å²) in [4.78, 5) is 28.2. The predicted octanol–water partition coefficient (Wildman–Crippen LogP) is 1.52. The monoisotopic (exact) mass is 410 g/mol. The number of nitrogens with zero attached hydrogens (tertiary/aromatic N) is 5. The second-order valence-electron chi connectivity index (χ2n) is 7.41. The lowest BCUT2D eigenvalue weighted by Gasteiger charge is -2.30. The van der Waals surface area contributed by atoms with E-state index in [1.165, 1.54) is 21.6 Å². The highest BCUT2D eigenvalue weighted by Crippen LogP contribution is 2.32. The zero-order chi connectivity index (χ0) is 21.4. The Balaban J connectivity index is 1.77. The van der Waals surface area contributed by atoms with Crippen LogP contribution in [0, 0.1) is 18.3 Å². The third kappa shape index (κ3) is 3.23. The molecule has 3 N–H and O–H groups in total. The van der Waals surface area contributed by atoms with Crippen LogP contribution in [0.25, 0.3) is 16.8 Å². The number of aliphatic hydroxyl groups excluding tert-OH is 1. The number of hydrogen-bond donors (Lipinski definition) is 3. The van der Waals surface area contributed by atoms with E-state index in [-0.39, 0.29) is 23.9 Å². The Morgan fingerprint density at radius 1 is 1.37 bits per heavy atom. The molecule has 30 heavy (non-hydrogen) atoms. The molecule has 3 aromatic heterocycles. The summed E-state index contributed by atoms with van der Waals surface area (Å²) >= 11 is 0. The van der Waals surface area contributed by atoms with Gasteiger partial charge in [0.25, 0.3) is 5.56 Å². The summed E-state index contributed by atoms with van der Waals surface area (Å²) in [6.45, 7) is 2.72. The highest BCUT2D eigenvalue weighted by Gasteiger charge is 2.27. The van der Waals surface area contributed by atoms with E-state index in [0.717, 1.165) is 11.3 Å². The van der Waals surface area contributed by atoms with Crippen LogP contribution in [0.4, 0.5) is 4.79 Å². The number of nitrogens with one attached hydrogen (secondary N) is 1. The molecule has 0 bridgehead atoms. The molecule has 0 saturated carbocycles. The molecular weight excluding hydrogens is 388 g/mol. The molecule has 1 aliphatic rings. The molecule has 4 heterocycles.